The zero-order valence-electron chi connectivity index (χ0n) is 17.3. The molecule has 1 aliphatic heterocycles. The molecule has 32 heavy (non-hydrogen) atoms. The molecule has 3 aromatic rings. The molecule has 1 fully saturated rings. The fourth-order valence-electron chi connectivity index (χ4n) is 3.63. The largest absolute Gasteiger partial charge is 0.379 e. The molecule has 1 heterocycles. The number of rotatable bonds is 6. The van der Waals surface area contributed by atoms with Crippen LogP contribution < -0.4 is 5.32 Å². The van der Waals surface area contributed by atoms with Crippen molar-refractivity contribution in [2.75, 3.05) is 26.3 Å². The summed E-state index contributed by atoms with van der Waals surface area (Å²) in [5, 5.41) is 2.95. The number of nitrogens with zero attached hydrogens (tertiary/aromatic N) is 1. The molecule has 0 saturated carbocycles. The lowest BCUT2D eigenvalue weighted by Crippen LogP contribution is -2.41. The Morgan fingerprint density at radius 2 is 1.47 bits per heavy atom. The quantitative estimate of drug-likeness (QED) is 0.620. The Morgan fingerprint density at radius 1 is 0.906 bits per heavy atom. The first kappa shape index (κ1) is 22.1. The highest BCUT2D eigenvalue weighted by Crippen LogP contribution is 2.25. The second-order valence-electron chi connectivity index (χ2n) is 7.39. The summed E-state index contributed by atoms with van der Waals surface area (Å²) in [6.07, 6.45) is 0. The second-order valence-corrected chi connectivity index (χ2v) is 9.30. The maximum Gasteiger partial charge on any atom is 0.252 e. The van der Waals surface area contributed by atoms with Gasteiger partial charge in [0.2, 0.25) is 10.0 Å². The maximum atomic E-state index is 14.5. The van der Waals surface area contributed by atoms with E-state index in [-0.39, 0.29) is 31.9 Å². The van der Waals surface area contributed by atoms with Gasteiger partial charge in [0.15, 0.2) is 0 Å². The van der Waals surface area contributed by atoms with Crippen LogP contribution in [0.4, 0.5) is 4.39 Å². The van der Waals surface area contributed by atoms with Crippen LogP contribution in [0.5, 0.6) is 0 Å². The lowest BCUT2D eigenvalue weighted by molar-refractivity contribution is 0.0729. The van der Waals surface area contributed by atoms with E-state index in [9.17, 15) is 17.6 Å². The summed E-state index contributed by atoms with van der Waals surface area (Å²) in [5.41, 5.74) is 1.81. The molecule has 0 unspecified atom stereocenters. The monoisotopic (exact) mass is 454 g/mol. The minimum Gasteiger partial charge on any atom is -0.379 e. The highest BCUT2D eigenvalue weighted by molar-refractivity contribution is 7.89. The fourth-order valence-corrected chi connectivity index (χ4v) is 5.13. The topological polar surface area (TPSA) is 75.7 Å². The van der Waals surface area contributed by atoms with Crippen molar-refractivity contribution in [3.05, 3.63) is 101 Å². The molecule has 166 valence electrons. The molecule has 1 saturated heterocycles. The number of hydrogen-bond donors (Lipinski definition) is 1. The molecule has 0 aliphatic carbocycles. The van der Waals surface area contributed by atoms with Crippen LogP contribution in [0.2, 0.25) is 0 Å². The minimum absolute atomic E-state index is 0.0649. The van der Waals surface area contributed by atoms with Crippen molar-refractivity contribution >= 4 is 15.9 Å². The van der Waals surface area contributed by atoms with E-state index in [1.807, 2.05) is 60.7 Å². The summed E-state index contributed by atoms with van der Waals surface area (Å²) < 4.78 is 46.8. The van der Waals surface area contributed by atoms with Crippen LogP contribution in [0.3, 0.4) is 0 Å². The van der Waals surface area contributed by atoms with Gasteiger partial charge in [-0.05, 0) is 29.3 Å². The van der Waals surface area contributed by atoms with Gasteiger partial charge < -0.3 is 10.1 Å². The van der Waals surface area contributed by atoms with Gasteiger partial charge in [0.25, 0.3) is 5.91 Å². The first-order chi connectivity index (χ1) is 15.5. The van der Waals surface area contributed by atoms with E-state index in [1.165, 1.54) is 10.4 Å². The van der Waals surface area contributed by atoms with Crippen LogP contribution >= 0.6 is 0 Å². The average Bonchev–Trinajstić information content (AvgIpc) is 2.84. The van der Waals surface area contributed by atoms with Gasteiger partial charge in [0.05, 0.1) is 19.3 Å². The molecule has 0 bridgehead atoms. The highest BCUT2D eigenvalue weighted by Gasteiger charge is 2.30. The summed E-state index contributed by atoms with van der Waals surface area (Å²) in [4.78, 5) is 12.6. The van der Waals surface area contributed by atoms with Crippen LogP contribution in [0.1, 0.15) is 27.5 Å². The standard InChI is InChI=1S/C24H23FN2O4S/c25-21-12-11-20(17-22(21)32(29,30)27-13-15-31-16-14-27)24(28)26-23(18-7-3-1-4-8-18)19-9-5-2-6-10-19/h1-12,17,23H,13-16H2,(H,26,28). The normalized spacial score (nSPS) is 14.9. The van der Waals surface area contributed by atoms with Gasteiger partial charge >= 0.3 is 0 Å². The number of ether oxygens (including phenoxy) is 1. The number of amides is 1. The first-order valence-electron chi connectivity index (χ1n) is 10.2. The second kappa shape index (κ2) is 9.60. The molecule has 1 amide bonds. The molecule has 3 aromatic carbocycles. The van der Waals surface area contributed by atoms with Gasteiger partial charge in [0, 0.05) is 18.7 Å². The number of halogens is 1. The van der Waals surface area contributed by atoms with Gasteiger partial charge in [-0.25, -0.2) is 12.8 Å². The van der Waals surface area contributed by atoms with Crippen molar-refractivity contribution in [3.8, 4) is 0 Å². The number of morpholine rings is 1. The van der Waals surface area contributed by atoms with Crippen LogP contribution in [-0.4, -0.2) is 44.9 Å². The van der Waals surface area contributed by atoms with E-state index in [0.29, 0.717) is 0 Å². The zero-order valence-corrected chi connectivity index (χ0v) is 18.1. The Balaban J connectivity index is 1.65. The van der Waals surface area contributed by atoms with Crippen LogP contribution in [0.15, 0.2) is 83.8 Å². The van der Waals surface area contributed by atoms with Crippen molar-refractivity contribution in [2.24, 2.45) is 0 Å². The fraction of sp³-hybridized carbons (Fsp3) is 0.208. The van der Waals surface area contributed by atoms with E-state index >= 15 is 0 Å². The van der Waals surface area contributed by atoms with Crippen molar-refractivity contribution in [1.82, 2.24) is 9.62 Å². The van der Waals surface area contributed by atoms with Crippen LogP contribution in [-0.2, 0) is 14.8 Å². The van der Waals surface area contributed by atoms with Crippen LogP contribution in [0, 0.1) is 5.82 Å². The summed E-state index contributed by atoms with van der Waals surface area (Å²) in [6, 6.07) is 21.8. The van der Waals surface area contributed by atoms with Crippen molar-refractivity contribution in [3.63, 3.8) is 0 Å². The molecule has 1 aliphatic rings. The van der Waals surface area contributed by atoms with Gasteiger partial charge in [0.1, 0.15) is 10.7 Å². The summed E-state index contributed by atoms with van der Waals surface area (Å²) >= 11 is 0. The molecule has 0 aromatic heterocycles. The maximum absolute atomic E-state index is 14.5. The molecule has 0 spiro atoms. The highest BCUT2D eigenvalue weighted by atomic mass is 32.2. The molecular weight excluding hydrogens is 431 g/mol. The molecule has 1 N–H and O–H groups in total. The van der Waals surface area contributed by atoms with E-state index in [4.69, 9.17) is 4.74 Å². The minimum atomic E-state index is -4.08. The number of sulfonamides is 1. The molecule has 0 atom stereocenters. The lowest BCUT2D eigenvalue weighted by Gasteiger charge is -2.26. The predicted octanol–water partition coefficient (Wildman–Crippen LogP) is 3.37. The Labute approximate surface area is 186 Å². The third-order valence-electron chi connectivity index (χ3n) is 5.32. The predicted molar refractivity (Wildman–Crippen MR) is 118 cm³/mol. The smallest absolute Gasteiger partial charge is 0.252 e. The van der Waals surface area contributed by atoms with E-state index in [1.54, 1.807) is 0 Å². The third-order valence-corrected chi connectivity index (χ3v) is 7.24. The molecule has 4 rings (SSSR count). The van der Waals surface area contributed by atoms with E-state index in [2.05, 4.69) is 5.32 Å². The zero-order chi connectivity index (χ0) is 22.6. The summed E-state index contributed by atoms with van der Waals surface area (Å²) in [6.45, 7) is 0.776. The number of carbonyl (C=O) groups excluding carboxylic acids is 1. The summed E-state index contributed by atoms with van der Waals surface area (Å²) in [7, 11) is -4.08. The summed E-state index contributed by atoms with van der Waals surface area (Å²) in [5.74, 6) is -1.39. The lowest BCUT2D eigenvalue weighted by atomic mass is 9.98. The number of hydrogen-bond acceptors (Lipinski definition) is 4. The van der Waals surface area contributed by atoms with Crippen molar-refractivity contribution < 1.29 is 22.3 Å². The molecule has 8 heteroatoms. The van der Waals surface area contributed by atoms with Crippen LogP contribution in [0.25, 0.3) is 0 Å². The Kier molecular flexibility index (Phi) is 6.64. The SMILES string of the molecule is O=C(NC(c1ccccc1)c1ccccc1)c1ccc(F)c(S(=O)(=O)N2CCOCC2)c1. The molecule has 0 radical (unpaired) electrons. The Hall–Kier alpha value is -3.07. The Morgan fingerprint density at radius 3 is 2.03 bits per heavy atom. The number of carbonyl (C=O) groups is 1. The van der Waals surface area contributed by atoms with Gasteiger partial charge in [-0.3, -0.25) is 4.79 Å². The van der Waals surface area contributed by atoms with Crippen molar-refractivity contribution in [2.45, 2.75) is 10.9 Å². The van der Waals surface area contributed by atoms with E-state index < -0.39 is 32.7 Å². The van der Waals surface area contributed by atoms with E-state index in [0.717, 1.165) is 23.3 Å². The first-order valence-corrected chi connectivity index (χ1v) is 11.7. The van der Waals surface area contributed by atoms with Gasteiger partial charge in [-0.15, -0.1) is 0 Å². The molecular formula is C24H23FN2O4S. The average molecular weight is 455 g/mol. The Bertz CT molecular complexity index is 1140. The number of nitrogens with one attached hydrogen (secondary N) is 1. The number of benzene rings is 3. The van der Waals surface area contributed by atoms with Crippen molar-refractivity contribution in [1.29, 1.82) is 0 Å². The molecule has 6 nitrogen and oxygen atoms in total. The van der Waals surface area contributed by atoms with Gasteiger partial charge in [-0.2, -0.15) is 4.31 Å². The third kappa shape index (κ3) is 4.72. The van der Waals surface area contributed by atoms with Gasteiger partial charge in [-0.1, -0.05) is 60.7 Å².